The van der Waals surface area contributed by atoms with Crippen LogP contribution in [-0.4, -0.2) is 23.9 Å². The number of nitrogens with one attached hydrogen (secondary N) is 3. The minimum atomic E-state index is -0.209. The van der Waals surface area contributed by atoms with Crippen molar-refractivity contribution < 1.29 is 9.59 Å². The molecule has 1 atom stereocenters. The normalized spacial score (nSPS) is 21.0. The molecule has 0 saturated heterocycles. The number of hydrogen-bond acceptors (Lipinski definition) is 3. The molecule has 3 rings (SSSR count). The van der Waals surface area contributed by atoms with Gasteiger partial charge in [0.25, 0.3) is 5.91 Å². The van der Waals surface area contributed by atoms with E-state index in [1.807, 2.05) is 12.1 Å². The number of hydrogen-bond donors (Lipinski definition) is 3. The second-order valence-corrected chi connectivity index (χ2v) is 7.38. The smallest absolute Gasteiger partial charge is 0.251 e. The number of carbonyl (C=O) groups is 2. The largest absolute Gasteiger partial charge is 0.372 e. The van der Waals surface area contributed by atoms with Gasteiger partial charge in [-0.15, -0.1) is 0 Å². The fourth-order valence-corrected chi connectivity index (χ4v) is 3.54. The first-order chi connectivity index (χ1) is 11.5. The minimum absolute atomic E-state index is 0.0268. The SMILES string of the molecule is CC(C)C[C@H]1Nc2ccc(C(=O)NC3CCCCC3)cc2NC1=O. The quantitative estimate of drug-likeness (QED) is 0.791. The fourth-order valence-electron chi connectivity index (χ4n) is 3.54. The van der Waals surface area contributed by atoms with Crippen molar-refractivity contribution >= 4 is 23.2 Å². The van der Waals surface area contributed by atoms with Gasteiger partial charge in [0.15, 0.2) is 0 Å². The highest BCUT2D eigenvalue weighted by atomic mass is 16.2. The van der Waals surface area contributed by atoms with E-state index in [-0.39, 0.29) is 23.9 Å². The molecule has 1 aromatic carbocycles. The van der Waals surface area contributed by atoms with Gasteiger partial charge in [-0.2, -0.15) is 0 Å². The zero-order chi connectivity index (χ0) is 17.1. The Morgan fingerprint density at radius 3 is 2.67 bits per heavy atom. The van der Waals surface area contributed by atoms with E-state index in [2.05, 4.69) is 29.8 Å². The van der Waals surface area contributed by atoms with Crippen LogP contribution >= 0.6 is 0 Å². The van der Waals surface area contributed by atoms with Crippen LogP contribution < -0.4 is 16.0 Å². The molecule has 0 bridgehead atoms. The van der Waals surface area contributed by atoms with Crippen LogP contribution in [0.3, 0.4) is 0 Å². The number of fused-ring (bicyclic) bond motifs is 1. The Hall–Kier alpha value is -2.04. The number of anilines is 2. The molecule has 2 aliphatic rings. The Bertz CT molecular complexity index is 621. The first-order valence-corrected chi connectivity index (χ1v) is 9.05. The number of amides is 2. The first kappa shape index (κ1) is 16.8. The van der Waals surface area contributed by atoms with Gasteiger partial charge in [-0.3, -0.25) is 9.59 Å². The Kier molecular flexibility index (Phi) is 5.07. The molecule has 24 heavy (non-hydrogen) atoms. The average Bonchev–Trinajstić information content (AvgIpc) is 2.55. The van der Waals surface area contributed by atoms with Gasteiger partial charge in [0.1, 0.15) is 6.04 Å². The van der Waals surface area contributed by atoms with E-state index in [1.165, 1.54) is 19.3 Å². The molecule has 1 heterocycles. The number of benzene rings is 1. The molecule has 0 spiro atoms. The van der Waals surface area contributed by atoms with E-state index < -0.39 is 0 Å². The molecule has 5 nitrogen and oxygen atoms in total. The van der Waals surface area contributed by atoms with Gasteiger partial charge in [0.05, 0.1) is 11.4 Å². The standard InChI is InChI=1S/C19H27N3O2/c1-12(2)10-17-19(24)22-16-11-13(8-9-15(16)21-17)18(23)20-14-6-4-3-5-7-14/h8-9,11-12,14,17,21H,3-7,10H2,1-2H3,(H,20,23)(H,22,24)/t17-/m1/s1. The summed E-state index contributed by atoms with van der Waals surface area (Å²) in [6.07, 6.45) is 6.55. The predicted molar refractivity (Wildman–Crippen MR) is 96.3 cm³/mol. The van der Waals surface area contributed by atoms with Crippen LogP contribution in [0.2, 0.25) is 0 Å². The zero-order valence-electron chi connectivity index (χ0n) is 14.5. The van der Waals surface area contributed by atoms with Gasteiger partial charge in [0.2, 0.25) is 5.91 Å². The molecular formula is C19H27N3O2. The van der Waals surface area contributed by atoms with Crippen LogP contribution in [0.25, 0.3) is 0 Å². The highest BCUT2D eigenvalue weighted by molar-refractivity contribution is 6.05. The highest BCUT2D eigenvalue weighted by Crippen LogP contribution is 2.29. The summed E-state index contributed by atoms with van der Waals surface area (Å²) >= 11 is 0. The van der Waals surface area contributed by atoms with Crippen LogP contribution in [0.4, 0.5) is 11.4 Å². The van der Waals surface area contributed by atoms with Gasteiger partial charge in [-0.1, -0.05) is 33.1 Å². The first-order valence-electron chi connectivity index (χ1n) is 9.05. The van der Waals surface area contributed by atoms with Gasteiger partial charge in [-0.25, -0.2) is 0 Å². The van der Waals surface area contributed by atoms with Crippen LogP contribution in [0.5, 0.6) is 0 Å². The maximum absolute atomic E-state index is 12.4. The molecule has 1 aliphatic carbocycles. The van der Waals surface area contributed by atoms with Crippen molar-refractivity contribution in [2.75, 3.05) is 10.6 Å². The second kappa shape index (κ2) is 7.24. The molecule has 0 aromatic heterocycles. The van der Waals surface area contributed by atoms with Gasteiger partial charge < -0.3 is 16.0 Å². The van der Waals surface area contributed by atoms with Crippen molar-refractivity contribution in [3.63, 3.8) is 0 Å². The number of rotatable bonds is 4. The molecule has 0 radical (unpaired) electrons. The monoisotopic (exact) mass is 329 g/mol. The van der Waals surface area contributed by atoms with Crippen LogP contribution in [0, 0.1) is 5.92 Å². The maximum atomic E-state index is 12.4. The van der Waals surface area contributed by atoms with E-state index in [0.29, 0.717) is 17.2 Å². The topological polar surface area (TPSA) is 70.2 Å². The molecule has 5 heteroatoms. The molecule has 1 fully saturated rings. The lowest BCUT2D eigenvalue weighted by Crippen LogP contribution is -2.40. The summed E-state index contributed by atoms with van der Waals surface area (Å²) < 4.78 is 0. The summed E-state index contributed by atoms with van der Waals surface area (Å²) in [5.41, 5.74) is 2.18. The van der Waals surface area contributed by atoms with E-state index >= 15 is 0 Å². The predicted octanol–water partition coefficient (Wildman–Crippen LogP) is 3.53. The van der Waals surface area contributed by atoms with Crippen molar-refractivity contribution in [2.45, 2.75) is 64.5 Å². The molecule has 1 aromatic rings. The second-order valence-electron chi connectivity index (χ2n) is 7.38. The summed E-state index contributed by atoms with van der Waals surface area (Å²) in [6.45, 7) is 4.20. The van der Waals surface area contributed by atoms with Crippen molar-refractivity contribution in [3.05, 3.63) is 23.8 Å². The maximum Gasteiger partial charge on any atom is 0.251 e. The van der Waals surface area contributed by atoms with Crippen molar-refractivity contribution in [1.82, 2.24) is 5.32 Å². The Morgan fingerprint density at radius 1 is 1.21 bits per heavy atom. The lowest BCUT2D eigenvalue weighted by molar-refractivity contribution is -0.117. The molecular weight excluding hydrogens is 302 g/mol. The van der Waals surface area contributed by atoms with E-state index in [1.54, 1.807) is 6.07 Å². The van der Waals surface area contributed by atoms with Crippen molar-refractivity contribution in [1.29, 1.82) is 0 Å². The number of carbonyl (C=O) groups excluding carboxylic acids is 2. The highest BCUT2D eigenvalue weighted by Gasteiger charge is 2.27. The lowest BCUT2D eigenvalue weighted by atomic mass is 9.95. The van der Waals surface area contributed by atoms with Gasteiger partial charge in [0, 0.05) is 11.6 Å². The van der Waals surface area contributed by atoms with E-state index in [9.17, 15) is 9.59 Å². The minimum Gasteiger partial charge on any atom is -0.372 e. The zero-order valence-corrected chi connectivity index (χ0v) is 14.5. The third kappa shape index (κ3) is 3.89. The van der Waals surface area contributed by atoms with E-state index in [4.69, 9.17) is 0 Å². The van der Waals surface area contributed by atoms with Gasteiger partial charge >= 0.3 is 0 Å². The summed E-state index contributed by atoms with van der Waals surface area (Å²) in [7, 11) is 0. The molecule has 2 amide bonds. The van der Waals surface area contributed by atoms with E-state index in [0.717, 1.165) is 24.9 Å². The lowest BCUT2D eigenvalue weighted by Gasteiger charge is -2.28. The summed E-state index contributed by atoms with van der Waals surface area (Å²) in [5, 5.41) is 9.33. The molecule has 130 valence electrons. The Labute approximate surface area is 143 Å². The summed E-state index contributed by atoms with van der Waals surface area (Å²) in [6, 6.07) is 5.56. The molecule has 0 unspecified atom stereocenters. The summed E-state index contributed by atoms with van der Waals surface area (Å²) in [4.78, 5) is 24.7. The van der Waals surface area contributed by atoms with Gasteiger partial charge in [-0.05, 0) is 43.4 Å². The van der Waals surface area contributed by atoms with Crippen LogP contribution in [0.15, 0.2) is 18.2 Å². The third-order valence-corrected chi connectivity index (χ3v) is 4.83. The Balaban J connectivity index is 1.69. The van der Waals surface area contributed by atoms with Crippen molar-refractivity contribution in [3.8, 4) is 0 Å². The molecule has 1 saturated carbocycles. The third-order valence-electron chi connectivity index (χ3n) is 4.83. The van der Waals surface area contributed by atoms with Crippen LogP contribution in [0.1, 0.15) is 62.7 Å². The molecule has 1 aliphatic heterocycles. The van der Waals surface area contributed by atoms with Crippen LogP contribution in [-0.2, 0) is 4.79 Å². The van der Waals surface area contributed by atoms with Crippen molar-refractivity contribution in [2.24, 2.45) is 5.92 Å². The average molecular weight is 329 g/mol. The molecule has 3 N–H and O–H groups in total. The summed E-state index contributed by atoms with van der Waals surface area (Å²) in [5.74, 6) is 0.361. The Morgan fingerprint density at radius 2 is 1.96 bits per heavy atom. The fraction of sp³-hybridized carbons (Fsp3) is 0.579.